The molecule has 0 unspecified atom stereocenters. The monoisotopic (exact) mass is 242 g/mol. The van der Waals surface area contributed by atoms with E-state index in [1.807, 2.05) is 13.0 Å². The van der Waals surface area contributed by atoms with E-state index in [0.29, 0.717) is 17.8 Å². The highest BCUT2D eigenvalue weighted by atomic mass is 16.1. The Hall–Kier alpha value is -2.43. The van der Waals surface area contributed by atoms with E-state index in [9.17, 15) is 4.79 Å². The lowest BCUT2D eigenvalue weighted by Crippen LogP contribution is -2.24. The van der Waals surface area contributed by atoms with Crippen LogP contribution in [0.15, 0.2) is 36.9 Å². The topological polar surface area (TPSA) is 80.9 Å². The molecule has 0 aliphatic rings. The van der Waals surface area contributed by atoms with Crippen LogP contribution in [0.1, 0.15) is 21.5 Å². The number of carbonyl (C=O) groups is 1. The Bertz CT molecular complexity index is 568. The summed E-state index contributed by atoms with van der Waals surface area (Å²) in [6.45, 7) is 2.41. The van der Waals surface area contributed by atoms with Crippen LogP contribution in [-0.4, -0.2) is 15.9 Å². The van der Waals surface area contributed by atoms with E-state index < -0.39 is 0 Å². The first-order valence-corrected chi connectivity index (χ1v) is 5.55. The third-order valence-corrected chi connectivity index (χ3v) is 2.68. The number of carbonyl (C=O) groups excluding carboxylic acids is 1. The minimum absolute atomic E-state index is 0.210. The van der Waals surface area contributed by atoms with Crippen molar-refractivity contribution in [3.8, 4) is 0 Å². The first-order chi connectivity index (χ1) is 8.68. The van der Waals surface area contributed by atoms with Gasteiger partial charge in [0, 0.05) is 25.1 Å². The maximum atomic E-state index is 11.9. The number of hydrogen-bond donors (Lipinski definition) is 2. The van der Waals surface area contributed by atoms with Gasteiger partial charge in [0.25, 0.3) is 5.91 Å². The molecule has 3 N–H and O–H groups in total. The molecule has 18 heavy (non-hydrogen) atoms. The second-order valence-electron chi connectivity index (χ2n) is 3.95. The molecule has 2 aromatic rings. The van der Waals surface area contributed by atoms with E-state index in [2.05, 4.69) is 15.3 Å². The van der Waals surface area contributed by atoms with Crippen molar-refractivity contribution in [2.75, 3.05) is 5.73 Å². The lowest BCUT2D eigenvalue weighted by Gasteiger charge is -2.08. The largest absolute Gasteiger partial charge is 0.397 e. The molecule has 2 rings (SSSR count). The third kappa shape index (κ3) is 2.63. The molecule has 5 nitrogen and oxygen atoms in total. The average Bonchev–Trinajstić information content (AvgIpc) is 2.38. The normalized spacial score (nSPS) is 10.1. The fourth-order valence-corrected chi connectivity index (χ4v) is 1.57. The van der Waals surface area contributed by atoms with Crippen LogP contribution in [0.4, 0.5) is 5.69 Å². The maximum absolute atomic E-state index is 11.9. The van der Waals surface area contributed by atoms with Crippen molar-refractivity contribution in [3.63, 3.8) is 0 Å². The van der Waals surface area contributed by atoms with Gasteiger partial charge >= 0.3 is 0 Å². The summed E-state index contributed by atoms with van der Waals surface area (Å²) in [7, 11) is 0. The van der Waals surface area contributed by atoms with Gasteiger partial charge in [0.05, 0.1) is 17.4 Å². The SMILES string of the molecule is Cc1ccncc1CNC(=O)c1ccncc1N. The van der Waals surface area contributed by atoms with E-state index in [1.165, 1.54) is 6.20 Å². The molecule has 0 aliphatic heterocycles. The van der Waals surface area contributed by atoms with Crippen LogP contribution in [0.3, 0.4) is 0 Å². The van der Waals surface area contributed by atoms with E-state index in [4.69, 9.17) is 5.73 Å². The average molecular weight is 242 g/mol. The second kappa shape index (κ2) is 5.27. The smallest absolute Gasteiger partial charge is 0.253 e. The number of aromatic nitrogens is 2. The van der Waals surface area contributed by atoms with Crippen molar-refractivity contribution < 1.29 is 4.79 Å². The predicted octanol–water partition coefficient (Wildman–Crippen LogP) is 1.30. The third-order valence-electron chi connectivity index (χ3n) is 2.68. The molecule has 0 aliphatic carbocycles. The number of pyridine rings is 2. The summed E-state index contributed by atoms with van der Waals surface area (Å²) in [5.74, 6) is -0.210. The van der Waals surface area contributed by atoms with Crippen molar-refractivity contribution >= 4 is 11.6 Å². The molecule has 2 heterocycles. The quantitative estimate of drug-likeness (QED) is 0.850. The van der Waals surface area contributed by atoms with Crippen molar-refractivity contribution in [2.45, 2.75) is 13.5 Å². The summed E-state index contributed by atoms with van der Waals surface area (Å²) >= 11 is 0. The van der Waals surface area contributed by atoms with E-state index in [-0.39, 0.29) is 5.91 Å². The van der Waals surface area contributed by atoms with Crippen LogP contribution in [0.25, 0.3) is 0 Å². The number of anilines is 1. The summed E-state index contributed by atoms with van der Waals surface area (Å²) in [5.41, 5.74) is 8.57. The molecule has 0 saturated heterocycles. The van der Waals surface area contributed by atoms with Crippen molar-refractivity contribution in [1.82, 2.24) is 15.3 Å². The van der Waals surface area contributed by atoms with Gasteiger partial charge in [-0.3, -0.25) is 14.8 Å². The minimum Gasteiger partial charge on any atom is -0.397 e. The molecule has 0 aromatic carbocycles. The Balaban J connectivity index is 2.06. The summed E-state index contributed by atoms with van der Waals surface area (Å²) in [6, 6.07) is 3.50. The van der Waals surface area contributed by atoms with Crippen LogP contribution in [0.5, 0.6) is 0 Å². The fourth-order valence-electron chi connectivity index (χ4n) is 1.57. The van der Waals surface area contributed by atoms with Gasteiger partial charge in [0.15, 0.2) is 0 Å². The number of rotatable bonds is 3. The summed E-state index contributed by atoms with van der Waals surface area (Å²) < 4.78 is 0. The molecular weight excluding hydrogens is 228 g/mol. The van der Waals surface area contributed by atoms with Gasteiger partial charge in [-0.25, -0.2) is 0 Å². The molecule has 2 aromatic heterocycles. The fraction of sp³-hybridized carbons (Fsp3) is 0.154. The molecule has 0 atom stereocenters. The molecule has 0 bridgehead atoms. The molecule has 0 saturated carbocycles. The van der Waals surface area contributed by atoms with Crippen LogP contribution < -0.4 is 11.1 Å². The van der Waals surface area contributed by atoms with Gasteiger partial charge in [-0.2, -0.15) is 0 Å². The number of hydrogen-bond acceptors (Lipinski definition) is 4. The van der Waals surface area contributed by atoms with E-state index in [0.717, 1.165) is 11.1 Å². The highest BCUT2D eigenvalue weighted by Crippen LogP contribution is 2.09. The summed E-state index contributed by atoms with van der Waals surface area (Å²) in [4.78, 5) is 19.8. The Labute approximate surface area is 105 Å². The number of aryl methyl sites for hydroxylation is 1. The van der Waals surface area contributed by atoms with Gasteiger partial charge in [0.1, 0.15) is 0 Å². The van der Waals surface area contributed by atoms with Crippen LogP contribution >= 0.6 is 0 Å². The molecule has 1 amide bonds. The van der Waals surface area contributed by atoms with Crippen molar-refractivity contribution in [3.05, 3.63) is 53.6 Å². The van der Waals surface area contributed by atoms with Crippen LogP contribution in [0, 0.1) is 6.92 Å². The molecule has 92 valence electrons. The Morgan fingerprint density at radius 3 is 2.72 bits per heavy atom. The Kier molecular flexibility index (Phi) is 3.52. The molecule has 5 heteroatoms. The first-order valence-electron chi connectivity index (χ1n) is 5.55. The highest BCUT2D eigenvalue weighted by molar-refractivity contribution is 5.98. The number of nitrogens with two attached hydrogens (primary N) is 1. The van der Waals surface area contributed by atoms with Crippen LogP contribution in [0.2, 0.25) is 0 Å². The molecule has 0 spiro atoms. The van der Waals surface area contributed by atoms with Crippen molar-refractivity contribution in [1.29, 1.82) is 0 Å². The number of nitrogens with one attached hydrogen (secondary N) is 1. The van der Waals surface area contributed by atoms with Gasteiger partial charge in [-0.1, -0.05) is 0 Å². The molecule has 0 fully saturated rings. The summed E-state index contributed by atoms with van der Waals surface area (Å²) in [5, 5.41) is 2.81. The minimum atomic E-state index is -0.210. The van der Waals surface area contributed by atoms with Crippen LogP contribution in [-0.2, 0) is 6.54 Å². The number of nitrogen functional groups attached to an aromatic ring is 1. The zero-order valence-corrected chi connectivity index (χ0v) is 10.1. The zero-order chi connectivity index (χ0) is 13.0. The lowest BCUT2D eigenvalue weighted by molar-refractivity contribution is 0.0951. The summed E-state index contributed by atoms with van der Waals surface area (Å²) in [6.07, 6.45) is 6.47. The Morgan fingerprint density at radius 1 is 1.28 bits per heavy atom. The lowest BCUT2D eigenvalue weighted by atomic mass is 10.1. The zero-order valence-electron chi connectivity index (χ0n) is 10.1. The van der Waals surface area contributed by atoms with Gasteiger partial charge in [-0.05, 0) is 30.2 Å². The molecule has 0 radical (unpaired) electrons. The van der Waals surface area contributed by atoms with Gasteiger partial charge in [0.2, 0.25) is 0 Å². The second-order valence-corrected chi connectivity index (χ2v) is 3.95. The molecular formula is C13H14N4O. The van der Waals surface area contributed by atoms with Gasteiger partial charge < -0.3 is 11.1 Å². The standard InChI is InChI=1S/C13H14N4O/c1-9-2-4-15-6-10(9)7-17-13(18)11-3-5-16-8-12(11)14/h2-6,8H,7,14H2,1H3,(H,17,18). The Morgan fingerprint density at radius 2 is 2.00 bits per heavy atom. The number of nitrogens with zero attached hydrogens (tertiary/aromatic N) is 2. The van der Waals surface area contributed by atoms with E-state index in [1.54, 1.807) is 24.7 Å². The maximum Gasteiger partial charge on any atom is 0.253 e. The highest BCUT2D eigenvalue weighted by Gasteiger charge is 2.09. The van der Waals surface area contributed by atoms with E-state index >= 15 is 0 Å². The first kappa shape index (κ1) is 12.0. The number of amides is 1. The predicted molar refractivity (Wildman–Crippen MR) is 68.8 cm³/mol. The van der Waals surface area contributed by atoms with Crippen molar-refractivity contribution in [2.24, 2.45) is 0 Å². The van der Waals surface area contributed by atoms with Gasteiger partial charge in [-0.15, -0.1) is 0 Å².